The van der Waals surface area contributed by atoms with Crippen molar-refractivity contribution in [3.05, 3.63) is 76.7 Å². The monoisotopic (exact) mass is 536 g/mol. The quantitative estimate of drug-likeness (QED) is 0.240. The van der Waals surface area contributed by atoms with Gasteiger partial charge in [0, 0.05) is 23.2 Å². The van der Waals surface area contributed by atoms with Gasteiger partial charge < -0.3 is 14.6 Å². The van der Waals surface area contributed by atoms with Crippen molar-refractivity contribution in [1.82, 2.24) is 14.6 Å². The van der Waals surface area contributed by atoms with Gasteiger partial charge in [0.2, 0.25) is 0 Å². The zero-order valence-electron chi connectivity index (χ0n) is 23.4. The number of carboxylic acid groups (broad SMARTS) is 1. The number of aliphatic carboxylic acids is 1. The summed E-state index contributed by atoms with van der Waals surface area (Å²) in [5, 5.41) is 22.8. The highest BCUT2D eigenvalue weighted by Crippen LogP contribution is 2.34. The lowest BCUT2D eigenvalue weighted by Gasteiger charge is -2.15. The van der Waals surface area contributed by atoms with Gasteiger partial charge in [-0.3, -0.25) is 4.79 Å². The fraction of sp³-hybridized carbons (Fsp3) is 0.312. The molecule has 0 bridgehead atoms. The molecule has 0 fully saturated rings. The van der Waals surface area contributed by atoms with Crippen molar-refractivity contribution in [2.45, 2.75) is 59.5 Å². The van der Waals surface area contributed by atoms with E-state index in [2.05, 4.69) is 31.8 Å². The SMILES string of the molecule is CC#CC(CC(=O)O)c1ccc(OCc2cc(-c3c(C)cc(OCC#N)cc3C)c3nc(C(C)C)nn3c2)cc1. The van der Waals surface area contributed by atoms with Gasteiger partial charge in [0.15, 0.2) is 18.1 Å². The maximum Gasteiger partial charge on any atom is 0.304 e. The van der Waals surface area contributed by atoms with Crippen LogP contribution in [0.2, 0.25) is 0 Å². The largest absolute Gasteiger partial charge is 0.489 e. The molecule has 0 radical (unpaired) electrons. The second-order valence-corrected chi connectivity index (χ2v) is 9.94. The van der Waals surface area contributed by atoms with E-state index in [0.29, 0.717) is 18.1 Å². The Hall–Kier alpha value is -4.82. The summed E-state index contributed by atoms with van der Waals surface area (Å²) in [6, 6.07) is 15.3. The second-order valence-electron chi connectivity index (χ2n) is 9.94. The van der Waals surface area contributed by atoms with Gasteiger partial charge in [-0.15, -0.1) is 5.92 Å². The third-order valence-electron chi connectivity index (χ3n) is 6.49. The molecule has 204 valence electrons. The number of pyridine rings is 1. The average Bonchev–Trinajstić information content (AvgIpc) is 3.35. The normalized spacial score (nSPS) is 11.5. The van der Waals surface area contributed by atoms with E-state index in [9.17, 15) is 9.90 Å². The number of benzene rings is 2. The molecule has 0 saturated carbocycles. The molecule has 4 aromatic rings. The average molecular weight is 537 g/mol. The van der Waals surface area contributed by atoms with Crippen molar-refractivity contribution in [3.8, 4) is 40.5 Å². The van der Waals surface area contributed by atoms with Gasteiger partial charge in [0.05, 0.1) is 12.3 Å². The van der Waals surface area contributed by atoms with E-state index in [1.807, 2.05) is 67.0 Å². The summed E-state index contributed by atoms with van der Waals surface area (Å²) >= 11 is 0. The molecule has 0 spiro atoms. The molecule has 1 N–H and O–H groups in total. The van der Waals surface area contributed by atoms with Crippen LogP contribution in [0.1, 0.15) is 67.1 Å². The van der Waals surface area contributed by atoms with Crippen LogP contribution in [0.5, 0.6) is 11.5 Å². The van der Waals surface area contributed by atoms with Crippen molar-refractivity contribution >= 4 is 11.6 Å². The molecule has 40 heavy (non-hydrogen) atoms. The minimum absolute atomic E-state index is 0.00950. The summed E-state index contributed by atoms with van der Waals surface area (Å²) < 4.78 is 13.5. The lowest BCUT2D eigenvalue weighted by Crippen LogP contribution is -2.05. The van der Waals surface area contributed by atoms with Gasteiger partial charge in [-0.2, -0.15) is 10.4 Å². The molecule has 2 aromatic carbocycles. The van der Waals surface area contributed by atoms with E-state index >= 15 is 0 Å². The minimum atomic E-state index is -0.886. The molecule has 0 saturated heterocycles. The van der Waals surface area contributed by atoms with E-state index in [0.717, 1.165) is 44.9 Å². The number of aromatic nitrogens is 3. The van der Waals surface area contributed by atoms with Crippen LogP contribution in [-0.2, 0) is 11.4 Å². The molecular weight excluding hydrogens is 504 g/mol. The van der Waals surface area contributed by atoms with Crippen molar-refractivity contribution in [2.75, 3.05) is 6.61 Å². The number of ether oxygens (including phenoxy) is 2. The minimum Gasteiger partial charge on any atom is -0.489 e. The summed E-state index contributed by atoms with van der Waals surface area (Å²) in [6.45, 7) is 10.2. The van der Waals surface area contributed by atoms with Crippen LogP contribution in [0.4, 0.5) is 0 Å². The van der Waals surface area contributed by atoms with E-state index in [1.165, 1.54) is 0 Å². The molecule has 0 aliphatic carbocycles. The molecule has 1 atom stereocenters. The van der Waals surface area contributed by atoms with E-state index in [1.54, 1.807) is 6.92 Å². The number of fused-ring (bicyclic) bond motifs is 1. The lowest BCUT2D eigenvalue weighted by atomic mass is 9.95. The summed E-state index contributed by atoms with van der Waals surface area (Å²) in [5.74, 6) is 6.77. The summed E-state index contributed by atoms with van der Waals surface area (Å²) in [5.41, 5.74) is 6.49. The number of carbonyl (C=O) groups is 1. The van der Waals surface area contributed by atoms with E-state index in [-0.39, 0.29) is 24.9 Å². The van der Waals surface area contributed by atoms with Crippen LogP contribution in [0, 0.1) is 37.0 Å². The Kier molecular flexibility index (Phi) is 8.71. The topological polar surface area (TPSA) is 110 Å². The Labute approximate surface area is 234 Å². The van der Waals surface area contributed by atoms with Crippen LogP contribution in [0.15, 0.2) is 48.7 Å². The maximum atomic E-state index is 11.2. The third kappa shape index (κ3) is 6.42. The van der Waals surface area contributed by atoms with Crippen LogP contribution >= 0.6 is 0 Å². The van der Waals surface area contributed by atoms with Crippen LogP contribution < -0.4 is 9.47 Å². The number of carboxylic acids is 1. The molecule has 0 aliphatic rings. The standard InChI is InChI=1S/C32H32N4O4/c1-6-7-25(17-29(37)38)24-8-10-26(11-9-24)40-19-23-16-28(32-34-31(20(2)3)35-36(32)18-23)30-21(4)14-27(15-22(30)5)39-13-12-33/h8-11,14-16,18,20,25H,13,17,19H2,1-5H3,(H,37,38). The number of nitriles is 1. The van der Waals surface area contributed by atoms with Crippen molar-refractivity contribution in [1.29, 1.82) is 5.26 Å². The third-order valence-corrected chi connectivity index (χ3v) is 6.49. The Morgan fingerprint density at radius 3 is 2.38 bits per heavy atom. The van der Waals surface area contributed by atoms with Gasteiger partial charge in [-0.05, 0) is 73.4 Å². The Bertz CT molecular complexity index is 1610. The van der Waals surface area contributed by atoms with Gasteiger partial charge in [-0.25, -0.2) is 9.50 Å². The van der Waals surface area contributed by atoms with Crippen LogP contribution in [0.3, 0.4) is 0 Å². The molecule has 0 amide bonds. The van der Waals surface area contributed by atoms with Gasteiger partial charge in [0.25, 0.3) is 0 Å². The highest BCUT2D eigenvalue weighted by Gasteiger charge is 2.18. The molecule has 0 aliphatic heterocycles. The lowest BCUT2D eigenvalue weighted by molar-refractivity contribution is -0.137. The summed E-state index contributed by atoms with van der Waals surface area (Å²) in [7, 11) is 0. The summed E-state index contributed by atoms with van der Waals surface area (Å²) in [4.78, 5) is 16.1. The van der Waals surface area contributed by atoms with Gasteiger partial charge in [-0.1, -0.05) is 31.9 Å². The molecule has 8 heteroatoms. The first-order valence-electron chi connectivity index (χ1n) is 13.1. The van der Waals surface area contributed by atoms with E-state index < -0.39 is 5.97 Å². The van der Waals surface area contributed by atoms with E-state index in [4.69, 9.17) is 24.8 Å². The van der Waals surface area contributed by atoms with Gasteiger partial charge >= 0.3 is 5.97 Å². The first-order chi connectivity index (χ1) is 19.2. The van der Waals surface area contributed by atoms with Crippen LogP contribution in [0.25, 0.3) is 16.8 Å². The highest BCUT2D eigenvalue weighted by molar-refractivity contribution is 5.82. The van der Waals surface area contributed by atoms with Crippen molar-refractivity contribution in [3.63, 3.8) is 0 Å². The molecule has 2 heterocycles. The number of rotatable bonds is 10. The maximum absolute atomic E-state index is 11.2. The summed E-state index contributed by atoms with van der Waals surface area (Å²) in [6.07, 6.45) is 1.88. The smallest absolute Gasteiger partial charge is 0.304 e. The van der Waals surface area contributed by atoms with Crippen LogP contribution in [-0.4, -0.2) is 32.3 Å². The zero-order valence-corrected chi connectivity index (χ0v) is 23.4. The Balaban J connectivity index is 1.67. The van der Waals surface area contributed by atoms with Crippen molar-refractivity contribution in [2.24, 2.45) is 0 Å². The molecular formula is C32H32N4O4. The van der Waals surface area contributed by atoms with Gasteiger partial charge in [0.1, 0.15) is 24.2 Å². The molecule has 4 rings (SSSR count). The number of hydrogen-bond acceptors (Lipinski definition) is 6. The van der Waals surface area contributed by atoms with Crippen molar-refractivity contribution < 1.29 is 19.4 Å². The molecule has 1 unspecified atom stereocenters. The zero-order chi connectivity index (χ0) is 28.8. The second kappa shape index (κ2) is 12.4. The fourth-order valence-electron chi connectivity index (χ4n) is 4.68. The predicted molar refractivity (Wildman–Crippen MR) is 152 cm³/mol. The fourth-order valence-corrected chi connectivity index (χ4v) is 4.68. The Morgan fingerprint density at radius 1 is 1.07 bits per heavy atom. The number of hydrogen-bond donors (Lipinski definition) is 1. The number of nitrogens with zero attached hydrogens (tertiary/aromatic N) is 4. The molecule has 2 aromatic heterocycles. The molecule has 8 nitrogen and oxygen atoms in total. The first kappa shape index (κ1) is 28.2. The number of aryl methyl sites for hydroxylation is 2. The Morgan fingerprint density at radius 2 is 1.77 bits per heavy atom. The first-order valence-corrected chi connectivity index (χ1v) is 13.1. The highest BCUT2D eigenvalue weighted by atomic mass is 16.5. The predicted octanol–water partition coefficient (Wildman–Crippen LogP) is 6.20.